The van der Waals surface area contributed by atoms with Gasteiger partial charge in [0.1, 0.15) is 23.3 Å². The van der Waals surface area contributed by atoms with Crippen molar-refractivity contribution in [3.8, 4) is 11.3 Å². The summed E-state index contributed by atoms with van der Waals surface area (Å²) in [6.07, 6.45) is 3.78. The second-order valence-electron chi connectivity index (χ2n) is 7.67. The van der Waals surface area contributed by atoms with Crippen molar-refractivity contribution in [1.82, 2.24) is 15.0 Å². The first-order valence-corrected chi connectivity index (χ1v) is 10.7. The molecule has 3 heterocycles. The summed E-state index contributed by atoms with van der Waals surface area (Å²) in [6.45, 7) is 0.568. The van der Waals surface area contributed by atoms with Crippen molar-refractivity contribution < 1.29 is 18.1 Å². The summed E-state index contributed by atoms with van der Waals surface area (Å²) in [6, 6.07) is 14.7. The Bertz CT molecular complexity index is 1250. The van der Waals surface area contributed by atoms with E-state index in [9.17, 15) is 9.18 Å². The lowest BCUT2D eigenvalue weighted by Crippen LogP contribution is -2.30. The van der Waals surface area contributed by atoms with Gasteiger partial charge in [-0.2, -0.15) is 0 Å². The number of benzene rings is 2. The third-order valence-electron chi connectivity index (χ3n) is 5.55. The summed E-state index contributed by atoms with van der Waals surface area (Å²) >= 11 is 6.24. The molecule has 1 fully saturated rings. The van der Waals surface area contributed by atoms with Gasteiger partial charge in [0.25, 0.3) is 5.91 Å². The Labute approximate surface area is 188 Å². The van der Waals surface area contributed by atoms with Crippen LogP contribution in [0.15, 0.2) is 69.7 Å². The third kappa shape index (κ3) is 4.03. The maximum Gasteiger partial charge on any atom is 0.293 e. The third-order valence-corrected chi connectivity index (χ3v) is 5.92. The molecule has 32 heavy (non-hydrogen) atoms. The molecule has 1 amide bonds. The van der Waals surface area contributed by atoms with Gasteiger partial charge in [0.15, 0.2) is 0 Å². The van der Waals surface area contributed by atoms with E-state index < -0.39 is 0 Å². The average Bonchev–Trinajstić information content (AvgIpc) is 3.56. The Morgan fingerprint density at radius 3 is 2.81 bits per heavy atom. The van der Waals surface area contributed by atoms with E-state index in [1.165, 1.54) is 12.1 Å². The normalized spacial score (nSPS) is 15.9. The summed E-state index contributed by atoms with van der Waals surface area (Å²) in [7, 11) is 0. The number of halogens is 2. The van der Waals surface area contributed by atoms with E-state index in [0.29, 0.717) is 40.9 Å². The Kier molecular flexibility index (Phi) is 5.49. The minimum absolute atomic E-state index is 0.124. The van der Waals surface area contributed by atoms with Gasteiger partial charge in [-0.1, -0.05) is 35.0 Å². The molecule has 0 bridgehead atoms. The fourth-order valence-corrected chi connectivity index (χ4v) is 4.13. The number of oxazole rings is 1. The van der Waals surface area contributed by atoms with E-state index in [2.05, 4.69) is 10.1 Å². The van der Waals surface area contributed by atoms with Crippen LogP contribution in [-0.2, 0) is 6.42 Å². The lowest BCUT2D eigenvalue weighted by molar-refractivity contribution is 0.0672. The molecule has 1 aliphatic heterocycles. The van der Waals surface area contributed by atoms with Gasteiger partial charge in [-0.15, -0.1) is 0 Å². The maximum atomic E-state index is 13.2. The number of amides is 1. The number of hydrogen-bond acceptors (Lipinski definition) is 5. The molecule has 0 aliphatic carbocycles. The standard InChI is InChI=1S/C24H19ClFN3O3/c25-19-5-2-1-4-16(19)12-18-14-27-23(31-18)21-6-3-11-29(21)24(30)22-13-20(28-32-22)15-7-9-17(26)10-8-15/h1-2,4-5,7-10,13-14,21H,3,6,11-12H2. The van der Waals surface area contributed by atoms with Gasteiger partial charge in [0.05, 0.1) is 6.20 Å². The molecule has 2 aromatic heterocycles. The summed E-state index contributed by atoms with van der Waals surface area (Å²) < 4.78 is 24.4. The average molecular weight is 452 g/mol. The van der Waals surface area contributed by atoms with E-state index in [0.717, 1.165) is 18.4 Å². The first-order chi connectivity index (χ1) is 15.6. The molecule has 5 rings (SSSR count). The molecule has 1 saturated heterocycles. The zero-order valence-corrected chi connectivity index (χ0v) is 17.8. The maximum absolute atomic E-state index is 13.2. The quantitative estimate of drug-likeness (QED) is 0.389. The van der Waals surface area contributed by atoms with Crippen molar-refractivity contribution in [2.45, 2.75) is 25.3 Å². The summed E-state index contributed by atoms with van der Waals surface area (Å²) in [5.41, 5.74) is 2.09. The van der Waals surface area contributed by atoms with E-state index >= 15 is 0 Å². The first-order valence-electron chi connectivity index (χ1n) is 10.3. The monoisotopic (exact) mass is 451 g/mol. The Morgan fingerprint density at radius 2 is 2.00 bits per heavy atom. The van der Waals surface area contributed by atoms with E-state index in [4.69, 9.17) is 20.5 Å². The topological polar surface area (TPSA) is 72.4 Å². The highest BCUT2D eigenvalue weighted by Crippen LogP contribution is 2.34. The molecule has 0 spiro atoms. The van der Waals surface area contributed by atoms with Crippen molar-refractivity contribution in [1.29, 1.82) is 0 Å². The Hall–Kier alpha value is -3.45. The minimum atomic E-state index is -0.340. The van der Waals surface area contributed by atoms with Crippen LogP contribution in [0.1, 0.15) is 46.7 Å². The Balaban J connectivity index is 1.33. The number of rotatable bonds is 5. The van der Waals surface area contributed by atoms with Gasteiger partial charge in [0.2, 0.25) is 11.7 Å². The van der Waals surface area contributed by atoms with Crippen molar-refractivity contribution >= 4 is 17.5 Å². The Morgan fingerprint density at radius 1 is 1.19 bits per heavy atom. The van der Waals surface area contributed by atoms with Gasteiger partial charge in [-0.25, -0.2) is 9.37 Å². The van der Waals surface area contributed by atoms with Crippen molar-refractivity contribution in [2.24, 2.45) is 0 Å². The number of hydrogen-bond donors (Lipinski definition) is 0. The molecule has 0 radical (unpaired) electrons. The molecule has 0 saturated carbocycles. The smallest absolute Gasteiger partial charge is 0.293 e. The molecule has 1 aliphatic rings. The molecule has 2 aromatic carbocycles. The van der Waals surface area contributed by atoms with Gasteiger partial charge in [0, 0.05) is 29.6 Å². The molecule has 8 heteroatoms. The fraction of sp³-hybridized carbons (Fsp3) is 0.208. The molecule has 4 aromatic rings. The van der Waals surface area contributed by atoms with Gasteiger partial charge in [-0.05, 0) is 48.7 Å². The highest BCUT2D eigenvalue weighted by molar-refractivity contribution is 6.31. The number of likely N-dealkylation sites (tertiary alicyclic amines) is 1. The molecule has 1 unspecified atom stereocenters. The molecular formula is C24H19ClFN3O3. The molecule has 0 N–H and O–H groups in total. The van der Waals surface area contributed by atoms with Crippen LogP contribution in [0.25, 0.3) is 11.3 Å². The van der Waals surface area contributed by atoms with Crippen LogP contribution in [0.2, 0.25) is 5.02 Å². The van der Waals surface area contributed by atoms with Crippen molar-refractivity contribution in [2.75, 3.05) is 6.54 Å². The summed E-state index contributed by atoms with van der Waals surface area (Å²) in [5.74, 6) is 0.688. The predicted octanol–water partition coefficient (Wildman–Crippen LogP) is 5.69. The second-order valence-corrected chi connectivity index (χ2v) is 8.08. The van der Waals surface area contributed by atoms with Crippen LogP contribution >= 0.6 is 11.6 Å². The van der Waals surface area contributed by atoms with Gasteiger partial charge < -0.3 is 13.8 Å². The van der Waals surface area contributed by atoms with E-state index in [1.54, 1.807) is 29.3 Å². The van der Waals surface area contributed by atoms with Gasteiger partial charge in [-0.3, -0.25) is 4.79 Å². The number of carbonyl (C=O) groups excluding carboxylic acids is 1. The van der Waals surface area contributed by atoms with Crippen LogP contribution in [-0.4, -0.2) is 27.5 Å². The molecule has 162 valence electrons. The largest absolute Gasteiger partial charge is 0.443 e. The molecular weight excluding hydrogens is 433 g/mol. The highest BCUT2D eigenvalue weighted by Gasteiger charge is 2.35. The van der Waals surface area contributed by atoms with Crippen LogP contribution in [0.3, 0.4) is 0 Å². The van der Waals surface area contributed by atoms with Crippen LogP contribution < -0.4 is 0 Å². The molecule has 1 atom stereocenters. The predicted molar refractivity (Wildman–Crippen MR) is 116 cm³/mol. The van der Waals surface area contributed by atoms with Gasteiger partial charge >= 0.3 is 0 Å². The first kappa shape index (κ1) is 20.5. The number of aromatic nitrogens is 2. The minimum Gasteiger partial charge on any atom is -0.443 e. The van der Waals surface area contributed by atoms with E-state index in [1.807, 2.05) is 24.3 Å². The van der Waals surface area contributed by atoms with E-state index in [-0.39, 0.29) is 23.5 Å². The number of nitrogens with zero attached hydrogens (tertiary/aromatic N) is 3. The van der Waals surface area contributed by atoms with Crippen molar-refractivity contribution in [3.63, 3.8) is 0 Å². The van der Waals surface area contributed by atoms with Crippen LogP contribution in [0, 0.1) is 5.82 Å². The highest BCUT2D eigenvalue weighted by atomic mass is 35.5. The SMILES string of the molecule is O=C(c1cc(-c2ccc(F)cc2)no1)N1CCCC1c1ncc(Cc2ccccc2Cl)o1. The zero-order valence-electron chi connectivity index (χ0n) is 17.0. The number of carbonyl (C=O) groups is 1. The lowest BCUT2D eigenvalue weighted by Gasteiger charge is -2.20. The summed E-state index contributed by atoms with van der Waals surface area (Å²) in [4.78, 5) is 19.2. The molecule has 6 nitrogen and oxygen atoms in total. The van der Waals surface area contributed by atoms with Crippen LogP contribution in [0.4, 0.5) is 4.39 Å². The van der Waals surface area contributed by atoms with Crippen LogP contribution in [0.5, 0.6) is 0 Å². The summed E-state index contributed by atoms with van der Waals surface area (Å²) in [5, 5.41) is 4.64. The van der Waals surface area contributed by atoms with Crippen molar-refractivity contribution in [3.05, 3.63) is 94.6 Å². The second kappa shape index (κ2) is 8.59. The fourth-order valence-electron chi connectivity index (χ4n) is 3.93. The zero-order chi connectivity index (χ0) is 22.1. The lowest BCUT2D eigenvalue weighted by atomic mass is 10.1.